The van der Waals surface area contributed by atoms with Crippen LogP contribution in [0.4, 0.5) is 26.3 Å². The number of nitrogens with zero attached hydrogens (tertiary/aromatic N) is 1. The van der Waals surface area contributed by atoms with Gasteiger partial charge in [-0.2, -0.15) is 13.2 Å². The van der Waals surface area contributed by atoms with Gasteiger partial charge in [-0.1, -0.05) is 12.1 Å². The zero-order valence-corrected chi connectivity index (χ0v) is 12.0. The Morgan fingerprint density at radius 2 is 1.58 bits per heavy atom. The first-order valence-electron chi connectivity index (χ1n) is 6.84. The van der Waals surface area contributed by atoms with E-state index in [0.29, 0.717) is 17.7 Å². The molecular weight excluding hydrogens is 332 g/mol. The van der Waals surface area contributed by atoms with Crippen LogP contribution in [0.15, 0.2) is 42.6 Å². The van der Waals surface area contributed by atoms with Crippen molar-refractivity contribution in [3.8, 4) is 0 Å². The molecule has 0 spiro atoms. The lowest BCUT2D eigenvalue weighted by atomic mass is 10.0. The standard InChI is InChI=1S/C17H9F6N/c18-11-6-14(19)12(15(20)7-11)5-9-4-10-2-1-3-13(17(21,22)23)16(10)24-8-9/h1-4,6-8H,5H2. The van der Waals surface area contributed by atoms with E-state index in [1.165, 1.54) is 18.2 Å². The molecule has 0 saturated carbocycles. The van der Waals surface area contributed by atoms with Crippen molar-refractivity contribution in [2.75, 3.05) is 0 Å². The van der Waals surface area contributed by atoms with Gasteiger partial charge in [0.05, 0.1) is 11.1 Å². The van der Waals surface area contributed by atoms with Crippen molar-refractivity contribution in [1.29, 1.82) is 0 Å². The molecular formula is C17H9F6N. The second-order valence-electron chi connectivity index (χ2n) is 5.24. The molecule has 0 aliphatic carbocycles. The van der Waals surface area contributed by atoms with E-state index in [-0.39, 0.29) is 22.9 Å². The highest BCUT2D eigenvalue weighted by atomic mass is 19.4. The molecule has 0 fully saturated rings. The number of pyridine rings is 1. The minimum Gasteiger partial charge on any atom is -0.255 e. The highest BCUT2D eigenvalue weighted by Gasteiger charge is 2.33. The van der Waals surface area contributed by atoms with E-state index in [2.05, 4.69) is 4.98 Å². The smallest absolute Gasteiger partial charge is 0.255 e. The molecule has 0 saturated heterocycles. The molecule has 0 bridgehead atoms. The summed E-state index contributed by atoms with van der Waals surface area (Å²) in [4.78, 5) is 3.78. The third-order valence-corrected chi connectivity index (χ3v) is 3.56. The van der Waals surface area contributed by atoms with Gasteiger partial charge < -0.3 is 0 Å². The van der Waals surface area contributed by atoms with Crippen LogP contribution in [-0.2, 0) is 12.6 Å². The Morgan fingerprint density at radius 3 is 2.21 bits per heavy atom. The van der Waals surface area contributed by atoms with Gasteiger partial charge in [-0.15, -0.1) is 0 Å². The van der Waals surface area contributed by atoms with E-state index in [1.807, 2.05) is 0 Å². The number of para-hydroxylation sites is 1. The number of aromatic nitrogens is 1. The Hall–Kier alpha value is -2.57. The molecule has 2 aromatic carbocycles. The number of fused-ring (bicyclic) bond motifs is 1. The van der Waals surface area contributed by atoms with Crippen LogP contribution in [0.2, 0.25) is 0 Å². The third-order valence-electron chi connectivity index (χ3n) is 3.56. The zero-order valence-electron chi connectivity index (χ0n) is 12.0. The molecule has 1 heterocycles. The Balaban J connectivity index is 2.04. The summed E-state index contributed by atoms with van der Waals surface area (Å²) in [5.74, 6) is -3.16. The van der Waals surface area contributed by atoms with Crippen LogP contribution in [0.5, 0.6) is 0 Å². The number of alkyl halides is 3. The first-order chi connectivity index (χ1) is 11.3. The quantitative estimate of drug-likeness (QED) is 0.579. The fourth-order valence-corrected chi connectivity index (χ4v) is 2.48. The molecule has 24 heavy (non-hydrogen) atoms. The van der Waals surface area contributed by atoms with Crippen molar-refractivity contribution >= 4 is 10.9 Å². The molecule has 1 nitrogen and oxygen atoms in total. The van der Waals surface area contributed by atoms with Crippen LogP contribution in [0.3, 0.4) is 0 Å². The SMILES string of the molecule is Fc1cc(F)c(Cc2cnc3c(C(F)(F)F)cccc3c2)c(F)c1. The van der Waals surface area contributed by atoms with Gasteiger partial charge in [0.15, 0.2) is 0 Å². The summed E-state index contributed by atoms with van der Waals surface area (Å²) in [6, 6.07) is 6.05. The van der Waals surface area contributed by atoms with Gasteiger partial charge in [-0.3, -0.25) is 4.98 Å². The van der Waals surface area contributed by atoms with Crippen LogP contribution in [0.25, 0.3) is 10.9 Å². The highest BCUT2D eigenvalue weighted by molar-refractivity contribution is 5.82. The molecule has 0 aliphatic heterocycles. The van der Waals surface area contributed by atoms with E-state index in [4.69, 9.17) is 0 Å². The zero-order chi connectivity index (χ0) is 17.5. The van der Waals surface area contributed by atoms with Crippen molar-refractivity contribution < 1.29 is 26.3 Å². The lowest BCUT2D eigenvalue weighted by Crippen LogP contribution is -2.07. The molecule has 0 N–H and O–H groups in total. The Bertz CT molecular complexity index is 894. The molecule has 0 amide bonds. The molecule has 124 valence electrons. The van der Waals surface area contributed by atoms with E-state index >= 15 is 0 Å². The summed E-state index contributed by atoms with van der Waals surface area (Å²) >= 11 is 0. The molecule has 0 aliphatic rings. The average molecular weight is 341 g/mol. The van der Waals surface area contributed by atoms with Crippen molar-refractivity contribution in [3.63, 3.8) is 0 Å². The monoisotopic (exact) mass is 341 g/mol. The fraction of sp³-hybridized carbons (Fsp3) is 0.118. The van der Waals surface area contributed by atoms with Crippen LogP contribution in [0.1, 0.15) is 16.7 Å². The van der Waals surface area contributed by atoms with Crippen molar-refractivity contribution in [2.45, 2.75) is 12.6 Å². The molecule has 7 heteroatoms. The Morgan fingerprint density at radius 1 is 0.917 bits per heavy atom. The normalized spacial score (nSPS) is 11.9. The second kappa shape index (κ2) is 5.81. The van der Waals surface area contributed by atoms with Gasteiger partial charge in [0.25, 0.3) is 0 Å². The fourth-order valence-electron chi connectivity index (χ4n) is 2.48. The van der Waals surface area contributed by atoms with Crippen molar-refractivity contribution in [1.82, 2.24) is 4.98 Å². The molecule has 0 radical (unpaired) electrons. The second-order valence-corrected chi connectivity index (χ2v) is 5.24. The lowest BCUT2D eigenvalue weighted by molar-refractivity contribution is -0.136. The van der Waals surface area contributed by atoms with Gasteiger partial charge in [0.1, 0.15) is 17.5 Å². The van der Waals surface area contributed by atoms with E-state index in [0.717, 1.165) is 12.3 Å². The maximum atomic E-state index is 13.7. The minimum absolute atomic E-state index is 0.199. The minimum atomic E-state index is -4.55. The number of hydrogen-bond donors (Lipinski definition) is 0. The van der Waals surface area contributed by atoms with Crippen molar-refractivity contribution in [2.24, 2.45) is 0 Å². The van der Waals surface area contributed by atoms with E-state index in [9.17, 15) is 26.3 Å². The van der Waals surface area contributed by atoms with Crippen molar-refractivity contribution in [3.05, 3.63) is 76.7 Å². The number of halogens is 6. The largest absolute Gasteiger partial charge is 0.418 e. The maximum Gasteiger partial charge on any atom is 0.418 e. The highest BCUT2D eigenvalue weighted by Crippen LogP contribution is 2.34. The van der Waals surface area contributed by atoms with Crippen LogP contribution in [0, 0.1) is 17.5 Å². The van der Waals surface area contributed by atoms with Crippen LogP contribution >= 0.6 is 0 Å². The summed E-state index contributed by atoms with van der Waals surface area (Å²) in [7, 11) is 0. The first kappa shape index (κ1) is 16.3. The predicted molar refractivity (Wildman–Crippen MR) is 75.9 cm³/mol. The van der Waals surface area contributed by atoms with E-state index in [1.54, 1.807) is 0 Å². The Labute approximate surface area is 132 Å². The first-order valence-corrected chi connectivity index (χ1v) is 6.84. The molecule has 0 unspecified atom stereocenters. The number of rotatable bonds is 2. The average Bonchev–Trinajstić information content (AvgIpc) is 2.49. The molecule has 1 aromatic heterocycles. The van der Waals surface area contributed by atoms with Gasteiger partial charge in [0, 0.05) is 35.7 Å². The van der Waals surface area contributed by atoms with Gasteiger partial charge in [-0.25, -0.2) is 13.2 Å². The summed E-state index contributed by atoms with van der Waals surface area (Å²) < 4.78 is 79.1. The third kappa shape index (κ3) is 3.06. The van der Waals surface area contributed by atoms with Gasteiger partial charge in [-0.05, 0) is 17.7 Å². The number of benzene rings is 2. The molecule has 0 atom stereocenters. The summed E-state index contributed by atoms with van der Waals surface area (Å²) in [5.41, 5.74) is -1.18. The topological polar surface area (TPSA) is 12.9 Å². The van der Waals surface area contributed by atoms with Crippen LogP contribution in [-0.4, -0.2) is 4.98 Å². The lowest BCUT2D eigenvalue weighted by Gasteiger charge is -2.11. The summed E-state index contributed by atoms with van der Waals surface area (Å²) in [6.07, 6.45) is -3.68. The maximum absolute atomic E-state index is 13.7. The number of hydrogen-bond acceptors (Lipinski definition) is 1. The summed E-state index contributed by atoms with van der Waals surface area (Å²) in [5, 5.41) is 0.199. The predicted octanol–water partition coefficient (Wildman–Crippen LogP) is 5.26. The molecule has 3 aromatic rings. The van der Waals surface area contributed by atoms with Crippen LogP contribution < -0.4 is 0 Å². The molecule has 3 rings (SSSR count). The Kier molecular flexibility index (Phi) is 3.95. The van der Waals surface area contributed by atoms with Gasteiger partial charge in [0.2, 0.25) is 0 Å². The summed E-state index contributed by atoms with van der Waals surface area (Å²) in [6.45, 7) is 0. The van der Waals surface area contributed by atoms with Gasteiger partial charge >= 0.3 is 6.18 Å². The van der Waals surface area contributed by atoms with E-state index < -0.39 is 29.2 Å².